The third kappa shape index (κ3) is 6.68. The van der Waals surface area contributed by atoms with Gasteiger partial charge >= 0.3 is 6.03 Å². The fraction of sp³-hybridized carbons (Fsp3) is 0.667. The molecule has 1 atom stereocenters. The van der Waals surface area contributed by atoms with Crippen molar-refractivity contribution in [3.63, 3.8) is 0 Å². The van der Waals surface area contributed by atoms with Crippen LogP contribution in [0.1, 0.15) is 39.5 Å². The first-order chi connectivity index (χ1) is 15.1. The number of piperazine rings is 1. The zero-order valence-electron chi connectivity index (χ0n) is 19.2. The Hall–Kier alpha value is -2.12. The Bertz CT molecular complexity index is 680. The summed E-state index contributed by atoms with van der Waals surface area (Å²) in [5.74, 6) is 0.597. The van der Waals surface area contributed by atoms with Crippen molar-refractivity contribution in [2.24, 2.45) is 5.92 Å². The van der Waals surface area contributed by atoms with Crippen LogP contribution in [0.25, 0.3) is 0 Å². The van der Waals surface area contributed by atoms with E-state index < -0.39 is 0 Å². The molecule has 2 aliphatic rings. The molecule has 1 saturated carbocycles. The first-order valence-corrected chi connectivity index (χ1v) is 12.0. The van der Waals surface area contributed by atoms with Crippen LogP contribution in [0.15, 0.2) is 30.3 Å². The fourth-order valence-corrected chi connectivity index (χ4v) is 4.86. The van der Waals surface area contributed by atoms with E-state index in [1.807, 2.05) is 35.2 Å². The van der Waals surface area contributed by atoms with Gasteiger partial charge in [0, 0.05) is 45.0 Å². The molecule has 7 heteroatoms. The van der Waals surface area contributed by atoms with Crippen LogP contribution in [-0.2, 0) is 4.79 Å². The highest BCUT2D eigenvalue weighted by atomic mass is 16.2. The Kier molecular flexibility index (Phi) is 9.15. The summed E-state index contributed by atoms with van der Waals surface area (Å²) in [5, 5.41) is 6.18. The van der Waals surface area contributed by atoms with Crippen LogP contribution in [-0.4, -0.2) is 85.0 Å². The molecule has 1 aliphatic heterocycles. The minimum atomic E-state index is -0.0708. The van der Waals surface area contributed by atoms with Crippen LogP contribution in [0.3, 0.4) is 0 Å². The van der Waals surface area contributed by atoms with E-state index in [4.69, 9.17) is 0 Å². The number of benzene rings is 1. The number of amides is 3. The standard InChI is InChI=1S/C24H39N5O2/c1-3-27(4-2)15-14-25-23(30)22(20-10-8-9-11-20)28-16-18-29(19-17-28)24(31)26-21-12-6-5-7-13-21/h5-7,12-13,20,22H,3-4,8-11,14-19H2,1-2H3,(H,25,30)(H,26,31)/t22-/m0/s1. The Morgan fingerprint density at radius 2 is 1.68 bits per heavy atom. The van der Waals surface area contributed by atoms with E-state index in [9.17, 15) is 9.59 Å². The van der Waals surface area contributed by atoms with Gasteiger partial charge in [0.2, 0.25) is 5.91 Å². The number of carbonyl (C=O) groups is 2. The van der Waals surface area contributed by atoms with Gasteiger partial charge in [0.05, 0.1) is 6.04 Å². The van der Waals surface area contributed by atoms with Gasteiger partial charge in [-0.3, -0.25) is 9.69 Å². The monoisotopic (exact) mass is 429 g/mol. The maximum Gasteiger partial charge on any atom is 0.321 e. The molecule has 1 heterocycles. The van der Waals surface area contributed by atoms with Gasteiger partial charge in [-0.2, -0.15) is 0 Å². The smallest absolute Gasteiger partial charge is 0.321 e. The largest absolute Gasteiger partial charge is 0.353 e. The van der Waals surface area contributed by atoms with E-state index >= 15 is 0 Å². The molecule has 2 N–H and O–H groups in total. The Morgan fingerprint density at radius 1 is 1.03 bits per heavy atom. The van der Waals surface area contributed by atoms with Gasteiger partial charge < -0.3 is 20.4 Å². The van der Waals surface area contributed by atoms with Crippen molar-refractivity contribution in [2.45, 2.75) is 45.6 Å². The maximum atomic E-state index is 13.2. The summed E-state index contributed by atoms with van der Waals surface area (Å²) in [7, 11) is 0. The van der Waals surface area contributed by atoms with Crippen molar-refractivity contribution in [2.75, 3.05) is 57.7 Å². The summed E-state index contributed by atoms with van der Waals surface area (Å²) in [5.41, 5.74) is 0.811. The van der Waals surface area contributed by atoms with Crippen molar-refractivity contribution in [3.8, 4) is 0 Å². The van der Waals surface area contributed by atoms with Gasteiger partial charge in [-0.15, -0.1) is 0 Å². The van der Waals surface area contributed by atoms with E-state index in [0.717, 1.165) is 51.3 Å². The normalized spacial score (nSPS) is 18.9. The molecule has 1 saturated heterocycles. The zero-order chi connectivity index (χ0) is 22.1. The Morgan fingerprint density at radius 3 is 2.29 bits per heavy atom. The second-order valence-corrected chi connectivity index (χ2v) is 8.63. The molecule has 7 nitrogen and oxygen atoms in total. The Labute approximate surface area is 187 Å². The molecule has 0 unspecified atom stereocenters. The summed E-state index contributed by atoms with van der Waals surface area (Å²) in [4.78, 5) is 32.3. The van der Waals surface area contributed by atoms with E-state index in [2.05, 4.69) is 34.3 Å². The lowest BCUT2D eigenvalue weighted by Gasteiger charge is -2.40. The number of hydrogen-bond donors (Lipinski definition) is 2. The third-order valence-corrected chi connectivity index (χ3v) is 6.76. The first kappa shape index (κ1) is 23.5. The van der Waals surface area contributed by atoms with Crippen LogP contribution in [0.2, 0.25) is 0 Å². The quantitative estimate of drug-likeness (QED) is 0.633. The van der Waals surface area contributed by atoms with E-state index in [1.165, 1.54) is 12.8 Å². The summed E-state index contributed by atoms with van der Waals surface area (Å²) < 4.78 is 0. The number of urea groups is 1. The highest BCUT2D eigenvalue weighted by Gasteiger charge is 2.37. The molecule has 1 aromatic rings. The lowest BCUT2D eigenvalue weighted by molar-refractivity contribution is -0.129. The van der Waals surface area contributed by atoms with Gasteiger partial charge in [-0.1, -0.05) is 44.9 Å². The van der Waals surface area contributed by atoms with E-state index in [1.54, 1.807) is 0 Å². The molecular weight excluding hydrogens is 390 g/mol. The van der Waals surface area contributed by atoms with Gasteiger partial charge in [0.1, 0.15) is 0 Å². The molecule has 31 heavy (non-hydrogen) atoms. The van der Waals surface area contributed by atoms with Gasteiger partial charge in [0.15, 0.2) is 0 Å². The second kappa shape index (κ2) is 12.1. The predicted octanol–water partition coefficient (Wildman–Crippen LogP) is 2.85. The predicted molar refractivity (Wildman–Crippen MR) is 125 cm³/mol. The summed E-state index contributed by atoms with van der Waals surface area (Å²) in [6.07, 6.45) is 4.69. The molecule has 1 aliphatic carbocycles. The van der Waals surface area contributed by atoms with Crippen molar-refractivity contribution in [1.82, 2.24) is 20.0 Å². The lowest BCUT2D eigenvalue weighted by atomic mass is 9.95. The number of hydrogen-bond acceptors (Lipinski definition) is 4. The summed E-state index contributed by atoms with van der Waals surface area (Å²) in [6.45, 7) is 10.7. The fourth-order valence-electron chi connectivity index (χ4n) is 4.86. The van der Waals surface area contributed by atoms with Gasteiger partial charge in [-0.05, 0) is 44.0 Å². The zero-order valence-corrected chi connectivity index (χ0v) is 19.2. The average molecular weight is 430 g/mol. The lowest BCUT2D eigenvalue weighted by Crippen LogP contribution is -2.58. The van der Waals surface area contributed by atoms with Crippen molar-refractivity contribution >= 4 is 17.6 Å². The molecule has 0 spiro atoms. The van der Waals surface area contributed by atoms with Gasteiger partial charge in [0.25, 0.3) is 0 Å². The van der Waals surface area contributed by atoms with Gasteiger partial charge in [-0.25, -0.2) is 4.79 Å². The molecule has 1 aromatic carbocycles. The number of para-hydroxylation sites is 1. The molecule has 0 aromatic heterocycles. The van der Waals surface area contributed by atoms with Crippen LogP contribution in [0.5, 0.6) is 0 Å². The molecule has 2 fully saturated rings. The molecule has 0 radical (unpaired) electrons. The number of nitrogens with zero attached hydrogens (tertiary/aromatic N) is 3. The van der Waals surface area contributed by atoms with Crippen molar-refractivity contribution in [3.05, 3.63) is 30.3 Å². The summed E-state index contributed by atoms with van der Waals surface area (Å²) in [6, 6.07) is 9.42. The number of anilines is 1. The van der Waals surface area contributed by atoms with E-state index in [-0.39, 0.29) is 18.0 Å². The molecule has 3 amide bonds. The number of carbonyl (C=O) groups excluding carboxylic acids is 2. The minimum absolute atomic E-state index is 0.0630. The van der Waals surface area contributed by atoms with Crippen LogP contribution < -0.4 is 10.6 Å². The molecular formula is C24H39N5O2. The number of rotatable bonds is 9. The maximum absolute atomic E-state index is 13.2. The molecule has 3 rings (SSSR count). The second-order valence-electron chi connectivity index (χ2n) is 8.63. The highest BCUT2D eigenvalue weighted by Crippen LogP contribution is 2.31. The average Bonchev–Trinajstić information content (AvgIpc) is 3.32. The van der Waals surface area contributed by atoms with Crippen molar-refractivity contribution < 1.29 is 9.59 Å². The molecule has 0 bridgehead atoms. The van der Waals surface area contributed by atoms with Crippen LogP contribution >= 0.6 is 0 Å². The SMILES string of the molecule is CCN(CC)CCNC(=O)[C@H](C1CCCC1)N1CCN(C(=O)Nc2ccccc2)CC1. The minimum Gasteiger partial charge on any atom is -0.353 e. The Balaban J connectivity index is 1.53. The third-order valence-electron chi connectivity index (χ3n) is 6.76. The topological polar surface area (TPSA) is 67.9 Å². The first-order valence-electron chi connectivity index (χ1n) is 12.0. The van der Waals surface area contributed by atoms with Crippen LogP contribution in [0, 0.1) is 5.92 Å². The van der Waals surface area contributed by atoms with Crippen molar-refractivity contribution in [1.29, 1.82) is 0 Å². The van der Waals surface area contributed by atoms with E-state index in [0.29, 0.717) is 25.6 Å². The number of likely N-dealkylation sites (N-methyl/N-ethyl adjacent to an activating group) is 1. The van der Waals surface area contributed by atoms with Crippen LogP contribution in [0.4, 0.5) is 10.5 Å². The summed E-state index contributed by atoms with van der Waals surface area (Å²) >= 11 is 0. The number of nitrogens with one attached hydrogen (secondary N) is 2. The highest BCUT2D eigenvalue weighted by molar-refractivity contribution is 5.89. The molecule has 172 valence electrons.